The van der Waals surface area contributed by atoms with Gasteiger partial charge in [-0.3, -0.25) is 19.1 Å². The van der Waals surface area contributed by atoms with Crippen molar-refractivity contribution in [3.05, 3.63) is 142 Å². The number of rotatable bonds is 24. The second-order valence-corrected chi connectivity index (χ2v) is 25.2. The van der Waals surface area contributed by atoms with Crippen LogP contribution < -0.4 is 0 Å². The van der Waals surface area contributed by atoms with E-state index in [1.165, 1.54) is 0 Å². The Hall–Kier alpha value is -16.4. The van der Waals surface area contributed by atoms with Crippen molar-refractivity contribution in [2.45, 2.75) is 93.9 Å². The summed E-state index contributed by atoms with van der Waals surface area (Å²) in [5.41, 5.74) is -7.51. The molecule has 8 aromatic carbocycles. The molecule has 0 unspecified atom stereocenters. The van der Waals surface area contributed by atoms with Gasteiger partial charge >= 0.3 is 59.7 Å². The van der Waals surface area contributed by atoms with E-state index in [4.69, 9.17) is 56.8 Å². The molecule has 10 rings (SSSR count). The first kappa shape index (κ1) is 85.0. The van der Waals surface area contributed by atoms with Crippen LogP contribution in [-0.2, 0) is 66.4 Å². The molecule has 46 nitrogen and oxygen atoms in total. The smallest absolute Gasteiger partial charge is 0.340 e. The fraction of sp³-hybridized carbons (Fsp3) is 0.205. The van der Waals surface area contributed by atoms with Gasteiger partial charge in [-0.15, -0.1) is 0 Å². The molecular formula is C73H60O46. The van der Waals surface area contributed by atoms with E-state index in [-0.39, 0.29) is 6.42 Å². The fourth-order valence-electron chi connectivity index (χ4n) is 11.1. The predicted octanol–water partition coefficient (Wildman–Crippen LogP) is 3.39. The van der Waals surface area contributed by atoms with Gasteiger partial charge in [0.25, 0.3) is 0 Å². The van der Waals surface area contributed by atoms with Gasteiger partial charge in [0.1, 0.15) is 0 Å². The van der Waals surface area contributed by atoms with Gasteiger partial charge in [0, 0.05) is 12.8 Å². The monoisotopic (exact) mass is 1670 g/mol. The summed E-state index contributed by atoms with van der Waals surface area (Å²) < 4.78 is 67.4. The molecule has 0 radical (unpaired) electrons. The minimum absolute atomic E-state index is 0.376. The van der Waals surface area contributed by atoms with Gasteiger partial charge in [-0.2, -0.15) is 0 Å². The number of hydrogen-bond acceptors (Lipinski definition) is 46. The molecule has 0 aliphatic carbocycles. The van der Waals surface area contributed by atoms with Crippen LogP contribution in [0.3, 0.4) is 0 Å². The average Bonchev–Trinajstić information content (AvgIpc) is 0.768. The summed E-state index contributed by atoms with van der Waals surface area (Å²) in [6, 6.07) is 7.26. The summed E-state index contributed by atoms with van der Waals surface area (Å²) in [5.74, 6) is -46.7. The van der Waals surface area contributed by atoms with Crippen molar-refractivity contribution in [2.24, 2.45) is 0 Å². The molecule has 8 aromatic rings. The molecule has 2 fully saturated rings. The molecule has 0 saturated carbocycles. The van der Waals surface area contributed by atoms with Crippen LogP contribution in [0.25, 0.3) is 0 Å². The van der Waals surface area contributed by atoms with E-state index in [1.807, 2.05) is 0 Å². The number of ether oxygens (including phenoxy) is 12. The van der Waals surface area contributed by atoms with Gasteiger partial charge < -0.3 is 170 Å². The van der Waals surface area contributed by atoms with E-state index in [9.17, 15) is 171 Å². The minimum Gasteiger partial charge on any atom is -0.504 e. The summed E-state index contributed by atoms with van der Waals surface area (Å²) in [5, 5.41) is 247. The number of unbranched alkanes of at least 4 members (excludes halogenated alkanes) is 2. The number of hydrogen-bond donors (Lipinski definition) is 24. The summed E-state index contributed by atoms with van der Waals surface area (Å²) >= 11 is 0. The Morgan fingerprint density at radius 3 is 0.487 bits per heavy atom. The Kier molecular flexibility index (Phi) is 24.6. The third-order valence-corrected chi connectivity index (χ3v) is 17.0. The van der Waals surface area contributed by atoms with E-state index in [1.54, 1.807) is 0 Å². The lowest BCUT2D eigenvalue weighted by Gasteiger charge is -2.43. The van der Waals surface area contributed by atoms with Gasteiger partial charge in [0.05, 0.1) is 44.5 Å². The quantitative estimate of drug-likeness (QED) is 0.0178. The molecule has 2 saturated heterocycles. The molecule has 2 heterocycles. The van der Waals surface area contributed by atoms with Crippen molar-refractivity contribution in [3.63, 3.8) is 0 Å². The van der Waals surface area contributed by atoms with Gasteiger partial charge in [-0.25, -0.2) is 38.4 Å². The van der Waals surface area contributed by atoms with Crippen LogP contribution >= 0.6 is 0 Å². The second-order valence-electron chi connectivity index (χ2n) is 25.2. The summed E-state index contributed by atoms with van der Waals surface area (Å²) in [6.45, 7) is 0. The highest BCUT2D eigenvalue weighted by molar-refractivity contribution is 5.97. The van der Waals surface area contributed by atoms with Crippen LogP contribution in [0.5, 0.6) is 138 Å². The van der Waals surface area contributed by atoms with Crippen LogP contribution in [0.15, 0.2) is 97.1 Å². The maximum atomic E-state index is 14.3. The number of aromatic hydroxyl groups is 24. The van der Waals surface area contributed by atoms with Crippen molar-refractivity contribution < 1.29 is 227 Å². The van der Waals surface area contributed by atoms with Gasteiger partial charge in [-0.1, -0.05) is 6.42 Å². The number of esters is 10. The Morgan fingerprint density at radius 2 is 0.328 bits per heavy atom. The molecule has 2 aliphatic rings. The van der Waals surface area contributed by atoms with Crippen molar-refractivity contribution in [1.29, 1.82) is 0 Å². The molecule has 46 heteroatoms. The van der Waals surface area contributed by atoms with E-state index < -0.39 is 330 Å². The molecule has 0 aromatic heterocycles. The number of carbonyl (C=O) groups excluding carboxylic acids is 10. The van der Waals surface area contributed by atoms with E-state index in [2.05, 4.69) is 0 Å². The lowest BCUT2D eigenvalue weighted by Crippen LogP contribution is -2.63. The number of phenols is 24. The van der Waals surface area contributed by atoms with Crippen LogP contribution in [0, 0.1) is 0 Å². The standard InChI is InChI=1S/C73H60O46/c74-30-6-22(7-31(75)48(30)92)62(100)110-56-58(112-64(102)24-10-34(78)50(94)35(79)11-24)70(118-72(116-68(106)28-18-42(86)54(98)43(87)19-28)60(56)114-66(104)26-14-38(82)52(96)39(83)15-26)108-46(90)4-2-1-3-5-47(91)109-71-59(113-65(103)25-12-36(80)51(95)37(81)13-25)57(111-63(101)23-8-32(76)49(93)33(77)9-23)61(115-67(105)27-16-40(84)53(97)41(85)17-27)73(119-71)117-69(107)29-20-44(88)55(99)45(89)21-29/h6-21,56-61,70-89,92-99H,1-5H2/t56-,57-,58-,59-,60+,61+,70-,71-,72+,73+/m1/s1. The zero-order chi connectivity index (χ0) is 87.4. The molecule has 628 valence electrons. The largest absolute Gasteiger partial charge is 0.504 e. The van der Waals surface area contributed by atoms with Gasteiger partial charge in [0.15, 0.2) is 150 Å². The van der Waals surface area contributed by atoms with E-state index in [0.717, 1.165) is 0 Å². The number of phenolic OH excluding ortho intramolecular Hbond substituents is 24. The van der Waals surface area contributed by atoms with Crippen molar-refractivity contribution in [1.82, 2.24) is 0 Å². The first-order chi connectivity index (χ1) is 56.0. The molecular weight excluding hydrogens is 1610 g/mol. The lowest BCUT2D eigenvalue weighted by atomic mass is 10.0. The van der Waals surface area contributed by atoms with E-state index in [0.29, 0.717) is 97.1 Å². The highest BCUT2D eigenvalue weighted by Gasteiger charge is 2.58. The zero-order valence-electron chi connectivity index (χ0n) is 59.3. The molecule has 0 amide bonds. The SMILES string of the molecule is O=C(CCCCCC(=O)O[C@@H]1O[C@H](OC(=O)c2cc(O)c(O)c(O)c2)[C@@H](OC(=O)c2cc(O)c(O)c(O)c2)[C@H](OC(=O)c2cc(O)c(O)c(O)c2)[C@H]1OC(=O)c1cc(O)c(O)c(O)c1)O[C@@H]1O[C@H](OC(=O)c2cc(O)c(O)c(O)c2)[C@@H](OC(=O)c2cc(O)c(O)c(O)c2)[C@H](OC(=O)c2cc(O)c(O)c(O)c2)[C@H]1OC(=O)c1cc(O)c(O)c(O)c1. The van der Waals surface area contributed by atoms with Crippen LogP contribution in [0.1, 0.15) is 115 Å². The molecule has 2 aliphatic heterocycles. The number of benzene rings is 8. The third kappa shape index (κ3) is 18.8. The van der Waals surface area contributed by atoms with Crippen molar-refractivity contribution in [2.75, 3.05) is 0 Å². The molecule has 10 atom stereocenters. The number of carbonyl (C=O) groups is 10. The first-order valence-electron chi connectivity index (χ1n) is 33.4. The summed E-state index contributed by atoms with van der Waals surface area (Å²) in [6.07, 6.45) is -31.0. The van der Waals surface area contributed by atoms with Crippen LogP contribution in [0.4, 0.5) is 0 Å². The summed E-state index contributed by atoms with van der Waals surface area (Å²) in [7, 11) is 0. The second kappa shape index (κ2) is 34.5. The molecule has 0 bridgehead atoms. The Morgan fingerprint density at radius 1 is 0.193 bits per heavy atom. The van der Waals surface area contributed by atoms with Crippen molar-refractivity contribution >= 4 is 59.7 Å². The first-order valence-corrected chi connectivity index (χ1v) is 33.4. The maximum absolute atomic E-state index is 14.3. The maximum Gasteiger partial charge on any atom is 0.340 e. The fourth-order valence-corrected chi connectivity index (χ4v) is 11.1. The highest BCUT2D eigenvalue weighted by Crippen LogP contribution is 2.46. The highest BCUT2D eigenvalue weighted by atomic mass is 16.8. The molecule has 119 heavy (non-hydrogen) atoms. The van der Waals surface area contributed by atoms with E-state index >= 15 is 0 Å². The van der Waals surface area contributed by atoms with Crippen LogP contribution in [0.2, 0.25) is 0 Å². The lowest BCUT2D eigenvalue weighted by molar-refractivity contribution is -0.327. The predicted molar refractivity (Wildman–Crippen MR) is 370 cm³/mol. The van der Waals surface area contributed by atoms with Gasteiger partial charge in [-0.05, 0) is 110 Å². The summed E-state index contributed by atoms with van der Waals surface area (Å²) in [4.78, 5) is 142. The topological polar surface area (TPSA) is 767 Å². The molecule has 0 spiro atoms. The zero-order valence-corrected chi connectivity index (χ0v) is 59.3. The Labute approximate surface area is 658 Å². The van der Waals surface area contributed by atoms with Crippen LogP contribution in [-0.4, -0.2) is 244 Å². The van der Waals surface area contributed by atoms with Gasteiger partial charge in [0.2, 0.25) is 49.6 Å². The Bertz CT molecular complexity index is 4910. The normalized spacial score (nSPS) is 18.7. The average molecular weight is 1670 g/mol. The Balaban J connectivity index is 0.985. The van der Waals surface area contributed by atoms with Crippen molar-refractivity contribution in [3.8, 4) is 138 Å². The third-order valence-electron chi connectivity index (χ3n) is 17.0. The molecule has 24 N–H and O–H groups in total. The minimum atomic E-state index is -2.82.